The summed E-state index contributed by atoms with van der Waals surface area (Å²) in [6.07, 6.45) is 0.449. The molecule has 1 heterocycles. The molecule has 3 aromatic rings. The Bertz CT molecular complexity index is 1260. The van der Waals surface area contributed by atoms with Crippen LogP contribution in [0.4, 0.5) is 0 Å². The number of methoxy groups -OCH3 is 1. The molecule has 0 saturated heterocycles. The van der Waals surface area contributed by atoms with Crippen molar-refractivity contribution in [2.45, 2.75) is 18.4 Å². The van der Waals surface area contributed by atoms with Gasteiger partial charge in [-0.15, -0.1) is 0 Å². The molecule has 8 nitrogen and oxygen atoms in total. The fraction of sp³-hybridized carbons (Fsp3) is 0.222. The Morgan fingerprint density at radius 2 is 1.57 bits per heavy atom. The molecule has 0 spiro atoms. The molecule has 35 heavy (non-hydrogen) atoms. The summed E-state index contributed by atoms with van der Waals surface area (Å²) in [7, 11) is 1.58. The highest BCUT2D eigenvalue weighted by molar-refractivity contribution is 6.00. The van der Waals surface area contributed by atoms with Gasteiger partial charge in [0.25, 0.3) is 11.8 Å². The molecule has 2 atom stereocenters. The lowest BCUT2D eigenvalue weighted by atomic mass is 9.79. The quantitative estimate of drug-likeness (QED) is 0.492. The van der Waals surface area contributed by atoms with Gasteiger partial charge in [-0.1, -0.05) is 54.6 Å². The Morgan fingerprint density at radius 1 is 0.943 bits per heavy atom. The van der Waals surface area contributed by atoms with E-state index in [2.05, 4.69) is 0 Å². The number of rotatable bonds is 9. The normalized spacial score (nSPS) is 16.9. The summed E-state index contributed by atoms with van der Waals surface area (Å²) < 4.78 is 11.1. The first-order valence-electron chi connectivity index (χ1n) is 11.2. The first-order valence-corrected chi connectivity index (χ1v) is 11.2. The van der Waals surface area contributed by atoms with Gasteiger partial charge in [0.2, 0.25) is 0 Å². The summed E-state index contributed by atoms with van der Waals surface area (Å²) in [5.41, 5.74) is 7.44. The lowest BCUT2D eigenvalue weighted by molar-refractivity contribution is -0.140. The number of fused-ring (bicyclic) bond motifs is 1. The van der Waals surface area contributed by atoms with Gasteiger partial charge in [-0.3, -0.25) is 14.4 Å². The molecule has 0 radical (unpaired) electrons. The number of benzene rings is 3. The Balaban J connectivity index is 1.82. The van der Waals surface area contributed by atoms with E-state index in [0.717, 1.165) is 5.56 Å². The van der Waals surface area contributed by atoms with Crippen molar-refractivity contribution in [3.63, 3.8) is 0 Å². The van der Waals surface area contributed by atoms with Crippen LogP contribution in [0.3, 0.4) is 0 Å². The van der Waals surface area contributed by atoms with Crippen molar-refractivity contribution in [1.82, 2.24) is 4.90 Å². The van der Waals surface area contributed by atoms with Crippen LogP contribution in [0.15, 0.2) is 72.8 Å². The molecule has 0 saturated carbocycles. The predicted octanol–water partition coefficient (Wildman–Crippen LogP) is 3.17. The number of carboxylic acids is 1. The van der Waals surface area contributed by atoms with Gasteiger partial charge < -0.3 is 25.2 Å². The number of ether oxygens (including phenoxy) is 2. The molecular weight excluding hydrogens is 448 g/mol. The van der Waals surface area contributed by atoms with Crippen molar-refractivity contribution in [1.29, 1.82) is 0 Å². The van der Waals surface area contributed by atoms with Gasteiger partial charge in [0.05, 0.1) is 13.2 Å². The number of carbonyl (C=O) groups is 3. The minimum atomic E-state index is -1.07. The van der Waals surface area contributed by atoms with E-state index in [4.69, 9.17) is 15.2 Å². The number of nitrogens with zero attached hydrogens (tertiary/aromatic N) is 1. The van der Waals surface area contributed by atoms with Gasteiger partial charge in [0, 0.05) is 17.7 Å². The number of hydrogen-bond donors (Lipinski definition) is 2. The van der Waals surface area contributed by atoms with Crippen molar-refractivity contribution in [2.75, 3.05) is 20.3 Å². The second kappa shape index (κ2) is 10.3. The molecule has 180 valence electrons. The first-order chi connectivity index (χ1) is 16.9. The third kappa shape index (κ3) is 4.82. The fourth-order valence-corrected chi connectivity index (χ4v) is 4.61. The lowest BCUT2D eigenvalue weighted by Crippen LogP contribution is -2.46. The standard InChI is InChI=1S/C27H26N2O6/c1-34-21-12-6-2-8-17(21)14-15-29-25(20-11-5-7-13-22(20)35-16-23(28)30)24(27(32)33)18-9-3-4-10-19(18)26(29)31/h2-13,24-25H,14-16H2,1H3,(H2,28,30)(H,32,33). The zero-order valence-electron chi connectivity index (χ0n) is 19.2. The number of primary amides is 1. The van der Waals surface area contributed by atoms with Gasteiger partial charge in [-0.2, -0.15) is 0 Å². The average molecular weight is 475 g/mol. The van der Waals surface area contributed by atoms with Gasteiger partial charge in [0.15, 0.2) is 6.61 Å². The van der Waals surface area contributed by atoms with Crippen LogP contribution in [0.2, 0.25) is 0 Å². The smallest absolute Gasteiger partial charge is 0.313 e. The summed E-state index contributed by atoms with van der Waals surface area (Å²) >= 11 is 0. The summed E-state index contributed by atoms with van der Waals surface area (Å²) in [6, 6.07) is 20.2. The van der Waals surface area contributed by atoms with E-state index in [1.54, 1.807) is 60.5 Å². The number of carboxylic acid groups (broad SMARTS) is 1. The number of para-hydroxylation sites is 2. The van der Waals surface area contributed by atoms with Gasteiger partial charge in [-0.25, -0.2) is 0 Å². The highest BCUT2D eigenvalue weighted by Gasteiger charge is 2.45. The lowest BCUT2D eigenvalue weighted by Gasteiger charge is -2.41. The van der Waals surface area contributed by atoms with Crippen molar-refractivity contribution in [3.05, 3.63) is 95.1 Å². The molecular formula is C27H26N2O6. The van der Waals surface area contributed by atoms with Crippen molar-refractivity contribution in [3.8, 4) is 11.5 Å². The maximum absolute atomic E-state index is 13.7. The first kappa shape index (κ1) is 23.8. The van der Waals surface area contributed by atoms with Gasteiger partial charge in [-0.05, 0) is 35.7 Å². The zero-order valence-corrected chi connectivity index (χ0v) is 19.2. The highest BCUT2D eigenvalue weighted by atomic mass is 16.5. The van der Waals surface area contributed by atoms with Crippen molar-refractivity contribution < 1.29 is 29.0 Å². The molecule has 1 aliphatic heterocycles. The molecule has 0 bridgehead atoms. The molecule has 8 heteroatoms. The van der Waals surface area contributed by atoms with Crippen LogP contribution in [0.1, 0.15) is 39.0 Å². The molecule has 3 aromatic carbocycles. The molecule has 3 N–H and O–H groups in total. The SMILES string of the molecule is COc1ccccc1CCN1C(=O)c2ccccc2C(C(=O)O)C1c1ccccc1OCC(N)=O. The van der Waals surface area contributed by atoms with E-state index in [1.165, 1.54) is 0 Å². The number of amides is 2. The second-order valence-corrected chi connectivity index (χ2v) is 8.20. The van der Waals surface area contributed by atoms with Crippen molar-refractivity contribution in [2.24, 2.45) is 5.73 Å². The number of nitrogens with two attached hydrogens (primary N) is 1. The largest absolute Gasteiger partial charge is 0.496 e. The van der Waals surface area contributed by atoms with Crippen LogP contribution in [-0.2, 0) is 16.0 Å². The van der Waals surface area contributed by atoms with Gasteiger partial charge >= 0.3 is 5.97 Å². The molecule has 2 unspecified atom stereocenters. The average Bonchev–Trinajstić information content (AvgIpc) is 2.87. The summed E-state index contributed by atoms with van der Waals surface area (Å²) in [6.45, 7) is -0.126. The van der Waals surface area contributed by atoms with E-state index in [-0.39, 0.29) is 19.1 Å². The van der Waals surface area contributed by atoms with Crippen LogP contribution in [0.25, 0.3) is 0 Å². The van der Waals surface area contributed by atoms with Gasteiger partial charge in [0.1, 0.15) is 17.4 Å². The van der Waals surface area contributed by atoms with Crippen LogP contribution < -0.4 is 15.2 Å². The van der Waals surface area contributed by atoms with Crippen LogP contribution in [-0.4, -0.2) is 48.1 Å². The zero-order chi connectivity index (χ0) is 24.9. The summed E-state index contributed by atoms with van der Waals surface area (Å²) in [4.78, 5) is 39.3. The Labute approximate surface area is 202 Å². The second-order valence-electron chi connectivity index (χ2n) is 8.20. The van der Waals surface area contributed by atoms with E-state index in [1.807, 2.05) is 24.3 Å². The monoisotopic (exact) mass is 474 g/mol. The third-order valence-corrected chi connectivity index (χ3v) is 6.13. The molecule has 0 aliphatic carbocycles. The van der Waals surface area contributed by atoms with E-state index >= 15 is 0 Å². The maximum atomic E-state index is 13.7. The Morgan fingerprint density at radius 3 is 2.26 bits per heavy atom. The third-order valence-electron chi connectivity index (χ3n) is 6.13. The molecule has 1 aliphatic rings. The van der Waals surface area contributed by atoms with E-state index in [0.29, 0.717) is 34.6 Å². The van der Waals surface area contributed by atoms with Crippen LogP contribution in [0.5, 0.6) is 11.5 Å². The Hall–Kier alpha value is -4.33. The summed E-state index contributed by atoms with van der Waals surface area (Å²) in [5, 5.41) is 10.3. The minimum Gasteiger partial charge on any atom is -0.496 e. The summed E-state index contributed by atoms with van der Waals surface area (Å²) in [5.74, 6) is -2.05. The highest BCUT2D eigenvalue weighted by Crippen LogP contribution is 2.45. The fourth-order valence-electron chi connectivity index (χ4n) is 4.61. The number of hydrogen-bond acceptors (Lipinski definition) is 5. The van der Waals surface area contributed by atoms with E-state index < -0.39 is 23.8 Å². The maximum Gasteiger partial charge on any atom is 0.313 e. The van der Waals surface area contributed by atoms with Crippen LogP contribution >= 0.6 is 0 Å². The van der Waals surface area contributed by atoms with Crippen molar-refractivity contribution >= 4 is 17.8 Å². The topological polar surface area (TPSA) is 119 Å². The number of aliphatic carboxylic acids is 1. The molecule has 0 fully saturated rings. The molecule has 0 aromatic heterocycles. The number of carbonyl (C=O) groups excluding carboxylic acids is 2. The predicted molar refractivity (Wildman–Crippen MR) is 128 cm³/mol. The van der Waals surface area contributed by atoms with Crippen LogP contribution in [0, 0.1) is 0 Å². The Kier molecular flexibility index (Phi) is 7.01. The molecule has 4 rings (SSSR count). The molecule has 2 amide bonds. The minimum absolute atomic E-state index is 0.242. The van der Waals surface area contributed by atoms with E-state index in [9.17, 15) is 19.5 Å².